The molecule has 4 fully saturated rings. The van der Waals surface area contributed by atoms with Crippen LogP contribution >= 0.6 is 0 Å². The van der Waals surface area contributed by atoms with Crippen molar-refractivity contribution in [2.75, 3.05) is 13.1 Å². The van der Waals surface area contributed by atoms with Gasteiger partial charge >= 0.3 is 6.03 Å². The molecule has 106 valence electrons. The van der Waals surface area contributed by atoms with E-state index >= 15 is 0 Å². The average Bonchev–Trinajstić information content (AvgIpc) is 2.81. The van der Waals surface area contributed by atoms with Crippen LogP contribution < -0.4 is 5.32 Å². The molecule has 0 aromatic carbocycles. The highest BCUT2D eigenvalue weighted by molar-refractivity contribution is 5.75. The Bertz CT molecular complexity index is 384. The number of aliphatic hydroxyl groups is 1. The number of fused-ring (bicyclic) bond motifs is 5. The molecule has 2 amide bonds. The third-order valence-corrected chi connectivity index (χ3v) is 6.23. The smallest absolute Gasteiger partial charge is 0.317 e. The predicted molar refractivity (Wildman–Crippen MR) is 71.5 cm³/mol. The van der Waals surface area contributed by atoms with Gasteiger partial charge in [-0.2, -0.15) is 0 Å². The lowest BCUT2D eigenvalue weighted by atomic mass is 9.96. The first-order valence-corrected chi connectivity index (χ1v) is 7.88. The van der Waals surface area contributed by atoms with Crippen molar-refractivity contribution in [2.24, 2.45) is 29.6 Å². The summed E-state index contributed by atoms with van der Waals surface area (Å²) in [6.07, 6.45) is 4.75. The minimum Gasteiger partial charge on any atom is -0.391 e. The number of β-amino-alcohol motifs (C(OH)–C–C–N with tert-alkyl or cyclic N) is 1. The highest BCUT2D eigenvalue weighted by Gasteiger charge is 2.65. The van der Waals surface area contributed by atoms with Gasteiger partial charge in [0.05, 0.1) is 6.10 Å². The molecule has 4 heteroatoms. The lowest BCUT2D eigenvalue weighted by Crippen LogP contribution is -2.50. The fourth-order valence-corrected chi connectivity index (χ4v) is 4.99. The van der Waals surface area contributed by atoms with Crippen molar-refractivity contribution < 1.29 is 9.90 Å². The number of nitrogens with zero attached hydrogens (tertiary/aromatic N) is 1. The Balaban J connectivity index is 1.33. The van der Waals surface area contributed by atoms with E-state index in [1.54, 1.807) is 4.90 Å². The van der Waals surface area contributed by atoms with Crippen molar-refractivity contribution >= 4 is 6.03 Å². The van der Waals surface area contributed by atoms with Crippen LogP contribution in [0.1, 0.15) is 32.6 Å². The predicted octanol–water partition coefficient (Wildman–Crippen LogP) is 1.44. The van der Waals surface area contributed by atoms with E-state index in [-0.39, 0.29) is 12.1 Å². The van der Waals surface area contributed by atoms with Crippen molar-refractivity contribution in [1.82, 2.24) is 10.2 Å². The first-order chi connectivity index (χ1) is 9.15. The lowest BCUT2D eigenvalue weighted by Gasteiger charge is -2.34. The van der Waals surface area contributed by atoms with Gasteiger partial charge in [0.2, 0.25) is 0 Å². The Morgan fingerprint density at radius 1 is 1.21 bits per heavy atom. The van der Waals surface area contributed by atoms with Gasteiger partial charge in [0.15, 0.2) is 0 Å². The molecule has 2 bridgehead atoms. The zero-order valence-electron chi connectivity index (χ0n) is 11.6. The van der Waals surface area contributed by atoms with Crippen molar-refractivity contribution in [3.63, 3.8) is 0 Å². The van der Waals surface area contributed by atoms with Crippen LogP contribution in [0.2, 0.25) is 0 Å². The number of urea groups is 1. The highest BCUT2D eigenvalue weighted by Crippen LogP contribution is 2.65. The van der Waals surface area contributed by atoms with Crippen LogP contribution in [0.5, 0.6) is 0 Å². The van der Waals surface area contributed by atoms with Crippen molar-refractivity contribution in [3.8, 4) is 0 Å². The minimum atomic E-state index is -0.352. The maximum absolute atomic E-state index is 12.3. The SMILES string of the molecule is CC1CCN(C(=O)NC2C3C4CCC(C4)C23)CC1O. The minimum absolute atomic E-state index is 0.0600. The third-order valence-electron chi connectivity index (χ3n) is 6.23. The number of likely N-dealkylation sites (tertiary alicyclic amines) is 1. The second-order valence-electron chi connectivity index (χ2n) is 7.24. The fraction of sp³-hybridized carbons (Fsp3) is 0.933. The van der Waals surface area contributed by atoms with Crippen LogP contribution in [0.4, 0.5) is 4.79 Å². The second kappa shape index (κ2) is 4.11. The first kappa shape index (κ1) is 12.0. The molecule has 0 aromatic rings. The third kappa shape index (κ3) is 1.79. The van der Waals surface area contributed by atoms with E-state index < -0.39 is 0 Å². The summed E-state index contributed by atoms with van der Waals surface area (Å²) in [5, 5.41) is 13.1. The second-order valence-corrected chi connectivity index (χ2v) is 7.24. The van der Waals surface area contributed by atoms with E-state index in [9.17, 15) is 9.90 Å². The Kier molecular flexibility index (Phi) is 2.60. The van der Waals surface area contributed by atoms with Crippen LogP contribution in [-0.4, -0.2) is 41.3 Å². The van der Waals surface area contributed by atoms with Crippen molar-refractivity contribution in [3.05, 3.63) is 0 Å². The van der Waals surface area contributed by atoms with Gasteiger partial charge in [0, 0.05) is 19.1 Å². The molecule has 1 heterocycles. The van der Waals surface area contributed by atoms with Crippen molar-refractivity contribution in [2.45, 2.75) is 44.8 Å². The Labute approximate surface area is 114 Å². The number of rotatable bonds is 1. The molecule has 1 saturated heterocycles. The molecule has 6 unspecified atom stereocenters. The number of hydrogen-bond acceptors (Lipinski definition) is 2. The molecule has 1 aliphatic heterocycles. The number of carbonyl (C=O) groups is 1. The lowest BCUT2D eigenvalue weighted by molar-refractivity contribution is 0.0433. The molecule has 0 aromatic heterocycles. The molecule has 4 nitrogen and oxygen atoms in total. The summed E-state index contributed by atoms with van der Waals surface area (Å²) in [5.41, 5.74) is 0. The number of nitrogens with one attached hydrogen (secondary N) is 1. The van der Waals surface area contributed by atoms with Crippen LogP contribution in [0.15, 0.2) is 0 Å². The maximum atomic E-state index is 12.3. The van der Waals surface area contributed by atoms with E-state index in [1.807, 2.05) is 0 Å². The van der Waals surface area contributed by atoms with Gasteiger partial charge in [-0.3, -0.25) is 0 Å². The van der Waals surface area contributed by atoms with Gasteiger partial charge in [0.1, 0.15) is 0 Å². The standard InChI is InChI=1S/C15H24N2O2/c1-8-4-5-17(7-11(8)18)15(19)16-14-12-9-2-3-10(6-9)13(12)14/h8-14,18H,2-7H2,1H3,(H,16,19). The monoisotopic (exact) mass is 264 g/mol. The summed E-state index contributed by atoms with van der Waals surface area (Å²) in [6, 6.07) is 0.514. The summed E-state index contributed by atoms with van der Waals surface area (Å²) in [5.74, 6) is 3.69. The molecule has 0 spiro atoms. The van der Waals surface area contributed by atoms with Gasteiger partial charge < -0.3 is 15.3 Å². The normalized spacial score (nSPS) is 51.1. The molecule has 3 saturated carbocycles. The Hall–Kier alpha value is -0.770. The fourth-order valence-electron chi connectivity index (χ4n) is 4.99. The van der Waals surface area contributed by atoms with Crippen LogP contribution in [-0.2, 0) is 0 Å². The largest absolute Gasteiger partial charge is 0.391 e. The Morgan fingerprint density at radius 3 is 2.53 bits per heavy atom. The number of hydrogen-bond donors (Lipinski definition) is 2. The zero-order valence-corrected chi connectivity index (χ0v) is 11.6. The van der Waals surface area contributed by atoms with E-state index in [2.05, 4.69) is 12.2 Å². The number of carbonyl (C=O) groups excluding carboxylic acids is 1. The summed E-state index contributed by atoms with van der Waals surface area (Å²) in [6.45, 7) is 3.35. The van der Waals surface area contributed by atoms with Gasteiger partial charge in [-0.25, -0.2) is 4.79 Å². The zero-order chi connectivity index (χ0) is 13.1. The highest BCUT2D eigenvalue weighted by atomic mass is 16.3. The Morgan fingerprint density at radius 2 is 1.89 bits per heavy atom. The van der Waals surface area contributed by atoms with Crippen molar-refractivity contribution in [1.29, 1.82) is 0 Å². The van der Waals surface area contributed by atoms with E-state index in [1.165, 1.54) is 19.3 Å². The van der Waals surface area contributed by atoms with Gasteiger partial charge in [-0.1, -0.05) is 6.92 Å². The summed E-state index contributed by atoms with van der Waals surface area (Å²) < 4.78 is 0. The van der Waals surface area contributed by atoms with E-state index in [0.29, 0.717) is 18.5 Å². The molecular weight excluding hydrogens is 240 g/mol. The molecule has 4 rings (SSSR count). The summed E-state index contributed by atoms with van der Waals surface area (Å²) in [4.78, 5) is 14.1. The quantitative estimate of drug-likeness (QED) is 0.753. The number of piperidine rings is 1. The first-order valence-electron chi connectivity index (χ1n) is 7.88. The van der Waals surface area contributed by atoms with Gasteiger partial charge in [0.25, 0.3) is 0 Å². The van der Waals surface area contributed by atoms with Crippen LogP contribution in [0, 0.1) is 29.6 Å². The van der Waals surface area contributed by atoms with E-state index in [0.717, 1.165) is 36.6 Å². The maximum Gasteiger partial charge on any atom is 0.317 e. The molecule has 19 heavy (non-hydrogen) atoms. The summed E-state index contributed by atoms with van der Waals surface area (Å²) >= 11 is 0. The van der Waals surface area contributed by atoms with Crippen LogP contribution in [0.3, 0.4) is 0 Å². The van der Waals surface area contributed by atoms with Gasteiger partial charge in [-0.05, 0) is 55.3 Å². The molecule has 3 aliphatic carbocycles. The molecule has 4 aliphatic rings. The van der Waals surface area contributed by atoms with E-state index in [4.69, 9.17) is 0 Å². The van der Waals surface area contributed by atoms with Gasteiger partial charge in [-0.15, -0.1) is 0 Å². The molecule has 6 atom stereocenters. The number of amides is 2. The molecule has 0 radical (unpaired) electrons. The topological polar surface area (TPSA) is 52.6 Å². The molecular formula is C15H24N2O2. The summed E-state index contributed by atoms with van der Waals surface area (Å²) in [7, 11) is 0. The molecule has 2 N–H and O–H groups in total. The van der Waals surface area contributed by atoms with Crippen LogP contribution in [0.25, 0.3) is 0 Å². The average molecular weight is 264 g/mol. The number of aliphatic hydroxyl groups excluding tert-OH is 1.